The summed E-state index contributed by atoms with van der Waals surface area (Å²) in [5.41, 5.74) is 0.792. The maximum atomic E-state index is 12.7. The summed E-state index contributed by atoms with van der Waals surface area (Å²) < 4.78 is 32.1. The molecular weight excluding hydrogens is 366 g/mol. The molecule has 1 aliphatic heterocycles. The number of carbonyl (C=O) groups is 1. The van der Waals surface area contributed by atoms with Crippen molar-refractivity contribution in [3.05, 3.63) is 23.9 Å². The number of hydrogen-bond donors (Lipinski definition) is 1. The van der Waals surface area contributed by atoms with Crippen molar-refractivity contribution < 1.29 is 17.9 Å². The van der Waals surface area contributed by atoms with Gasteiger partial charge in [0.25, 0.3) is 0 Å². The third-order valence-electron chi connectivity index (χ3n) is 4.62. The van der Waals surface area contributed by atoms with Crippen molar-refractivity contribution in [2.24, 2.45) is 0 Å². The maximum Gasteiger partial charge on any atom is 0.238 e. The lowest BCUT2D eigenvalue weighted by Crippen LogP contribution is -2.52. The Balaban J connectivity index is 2.02. The number of piperidine rings is 1. The van der Waals surface area contributed by atoms with E-state index in [2.05, 4.69) is 17.2 Å². The molecular formula is C19H31N3O4S. The van der Waals surface area contributed by atoms with Crippen molar-refractivity contribution in [3.8, 4) is 5.88 Å². The number of unbranched alkanes of at least 4 members (excludes halogenated alkanes) is 1. The molecule has 2 heterocycles. The molecule has 1 unspecified atom stereocenters. The fraction of sp³-hybridized carbons (Fsp3) is 0.684. The molecule has 1 fully saturated rings. The molecule has 1 amide bonds. The number of pyridine rings is 1. The van der Waals surface area contributed by atoms with Gasteiger partial charge in [-0.2, -0.15) is 4.31 Å². The van der Waals surface area contributed by atoms with Crippen LogP contribution < -0.4 is 10.1 Å². The quantitative estimate of drug-likeness (QED) is 0.613. The number of amides is 1. The monoisotopic (exact) mass is 397 g/mol. The van der Waals surface area contributed by atoms with Gasteiger partial charge in [0.15, 0.2) is 0 Å². The fourth-order valence-electron chi connectivity index (χ4n) is 3.18. The van der Waals surface area contributed by atoms with Crippen molar-refractivity contribution in [1.29, 1.82) is 0 Å². The summed E-state index contributed by atoms with van der Waals surface area (Å²) in [4.78, 5) is 17.0. The zero-order chi connectivity index (χ0) is 19.7. The Bertz CT molecular complexity index is 709. The van der Waals surface area contributed by atoms with Crippen LogP contribution in [0.1, 0.15) is 57.9 Å². The van der Waals surface area contributed by atoms with Gasteiger partial charge in [-0.25, -0.2) is 13.4 Å². The number of nitrogens with one attached hydrogen (secondary N) is 1. The second kappa shape index (κ2) is 10.6. The highest BCUT2D eigenvalue weighted by molar-refractivity contribution is 7.89. The van der Waals surface area contributed by atoms with E-state index in [-0.39, 0.29) is 18.2 Å². The van der Waals surface area contributed by atoms with E-state index in [1.807, 2.05) is 13.0 Å². The second-order valence-corrected chi connectivity index (χ2v) is 8.87. The van der Waals surface area contributed by atoms with Crippen molar-refractivity contribution in [2.75, 3.05) is 18.9 Å². The number of ether oxygens (including phenoxy) is 1. The van der Waals surface area contributed by atoms with E-state index in [0.717, 1.165) is 31.2 Å². The predicted molar refractivity (Wildman–Crippen MR) is 105 cm³/mol. The van der Waals surface area contributed by atoms with E-state index in [1.165, 1.54) is 4.31 Å². The molecule has 0 spiro atoms. The van der Waals surface area contributed by atoms with Gasteiger partial charge in [-0.1, -0.05) is 32.8 Å². The molecule has 2 rings (SSSR count). The van der Waals surface area contributed by atoms with Gasteiger partial charge >= 0.3 is 0 Å². The van der Waals surface area contributed by atoms with Crippen LogP contribution >= 0.6 is 0 Å². The number of rotatable bonds is 10. The fourth-order valence-corrected chi connectivity index (χ4v) is 4.92. The minimum absolute atomic E-state index is 0.0782. The van der Waals surface area contributed by atoms with Gasteiger partial charge < -0.3 is 10.1 Å². The summed E-state index contributed by atoms with van der Waals surface area (Å²) in [6.07, 6.45) is 6.38. The summed E-state index contributed by atoms with van der Waals surface area (Å²) in [7, 11) is -3.40. The number of carbonyl (C=O) groups excluding carboxylic acids is 1. The molecule has 0 aromatic carbocycles. The lowest BCUT2D eigenvalue weighted by atomic mass is 10.0. The second-order valence-electron chi connectivity index (χ2n) is 6.83. The summed E-state index contributed by atoms with van der Waals surface area (Å²) in [5.74, 6) is 0.345. The molecule has 1 N–H and O–H groups in total. The Kier molecular flexibility index (Phi) is 8.50. The lowest BCUT2D eigenvalue weighted by Gasteiger charge is -2.33. The first-order valence-corrected chi connectivity index (χ1v) is 11.4. The van der Waals surface area contributed by atoms with Gasteiger partial charge in [0, 0.05) is 24.8 Å². The summed E-state index contributed by atoms with van der Waals surface area (Å²) >= 11 is 0. The average molecular weight is 398 g/mol. The van der Waals surface area contributed by atoms with E-state index in [0.29, 0.717) is 31.9 Å². The zero-order valence-electron chi connectivity index (χ0n) is 16.3. The molecule has 152 valence electrons. The van der Waals surface area contributed by atoms with Crippen LogP contribution in [0.2, 0.25) is 0 Å². The first-order valence-electron chi connectivity index (χ1n) is 9.83. The Hall–Kier alpha value is -1.67. The minimum atomic E-state index is -3.40. The third-order valence-corrected chi connectivity index (χ3v) is 6.69. The van der Waals surface area contributed by atoms with Crippen LogP contribution in [-0.4, -0.2) is 48.6 Å². The minimum Gasteiger partial charge on any atom is -0.477 e. The molecule has 0 bridgehead atoms. The SMILES string of the molecule is CCCCOc1ncccc1CNC(=O)C1CCCCN1S(=O)(=O)CCC. The Labute approximate surface area is 162 Å². The van der Waals surface area contributed by atoms with Crippen LogP contribution in [0, 0.1) is 0 Å². The van der Waals surface area contributed by atoms with E-state index >= 15 is 0 Å². The van der Waals surface area contributed by atoms with Gasteiger partial charge in [0.1, 0.15) is 6.04 Å². The van der Waals surface area contributed by atoms with Gasteiger partial charge in [0.2, 0.25) is 21.8 Å². The summed E-state index contributed by atoms with van der Waals surface area (Å²) in [6.45, 7) is 5.19. The van der Waals surface area contributed by atoms with E-state index < -0.39 is 16.1 Å². The Morgan fingerprint density at radius 1 is 1.33 bits per heavy atom. The number of nitrogens with zero attached hydrogens (tertiary/aromatic N) is 2. The normalized spacial score (nSPS) is 18.2. The predicted octanol–water partition coefficient (Wildman–Crippen LogP) is 2.47. The van der Waals surface area contributed by atoms with Crippen LogP contribution in [0.15, 0.2) is 18.3 Å². The molecule has 8 heteroatoms. The molecule has 1 atom stereocenters. The van der Waals surface area contributed by atoms with Gasteiger partial charge in [-0.3, -0.25) is 4.79 Å². The highest BCUT2D eigenvalue weighted by atomic mass is 32.2. The van der Waals surface area contributed by atoms with Crippen molar-refractivity contribution >= 4 is 15.9 Å². The van der Waals surface area contributed by atoms with Crippen LogP contribution in [-0.2, 0) is 21.4 Å². The van der Waals surface area contributed by atoms with E-state index in [4.69, 9.17) is 4.74 Å². The Morgan fingerprint density at radius 3 is 2.89 bits per heavy atom. The largest absolute Gasteiger partial charge is 0.477 e. The summed E-state index contributed by atoms with van der Waals surface area (Å²) in [6, 6.07) is 3.03. The number of sulfonamides is 1. The molecule has 7 nitrogen and oxygen atoms in total. The van der Waals surface area contributed by atoms with Crippen molar-refractivity contribution in [3.63, 3.8) is 0 Å². The highest BCUT2D eigenvalue weighted by Gasteiger charge is 2.36. The van der Waals surface area contributed by atoms with E-state index in [9.17, 15) is 13.2 Å². The standard InChI is InChI=1S/C19H31N3O4S/c1-3-5-13-26-19-16(9-8-11-20-19)15-21-18(23)17-10-6-7-12-22(17)27(24,25)14-4-2/h8-9,11,17H,3-7,10,12-15H2,1-2H3,(H,21,23). The van der Waals surface area contributed by atoms with Crippen LogP contribution in [0.4, 0.5) is 0 Å². The first-order chi connectivity index (χ1) is 13.0. The molecule has 0 radical (unpaired) electrons. The summed E-state index contributed by atoms with van der Waals surface area (Å²) in [5, 5.41) is 2.88. The zero-order valence-corrected chi connectivity index (χ0v) is 17.1. The molecule has 27 heavy (non-hydrogen) atoms. The van der Waals surface area contributed by atoms with Crippen molar-refractivity contribution in [1.82, 2.24) is 14.6 Å². The molecule has 1 aliphatic rings. The number of hydrogen-bond acceptors (Lipinski definition) is 5. The van der Waals surface area contributed by atoms with Crippen molar-refractivity contribution in [2.45, 2.75) is 65.0 Å². The first kappa shape index (κ1) is 21.6. The average Bonchev–Trinajstić information content (AvgIpc) is 2.67. The van der Waals surface area contributed by atoms with Gasteiger partial charge in [-0.15, -0.1) is 0 Å². The molecule has 0 aliphatic carbocycles. The molecule has 0 saturated carbocycles. The molecule has 1 saturated heterocycles. The molecule has 1 aromatic rings. The lowest BCUT2D eigenvalue weighted by molar-refractivity contribution is -0.125. The van der Waals surface area contributed by atoms with Crippen LogP contribution in [0.5, 0.6) is 5.88 Å². The van der Waals surface area contributed by atoms with E-state index in [1.54, 1.807) is 12.3 Å². The van der Waals surface area contributed by atoms with Gasteiger partial charge in [0.05, 0.1) is 12.4 Å². The highest BCUT2D eigenvalue weighted by Crippen LogP contribution is 2.22. The smallest absolute Gasteiger partial charge is 0.238 e. The van der Waals surface area contributed by atoms with Crippen LogP contribution in [0.25, 0.3) is 0 Å². The maximum absolute atomic E-state index is 12.7. The Morgan fingerprint density at radius 2 is 2.15 bits per heavy atom. The van der Waals surface area contributed by atoms with Gasteiger partial charge in [-0.05, 0) is 31.7 Å². The number of aromatic nitrogens is 1. The topological polar surface area (TPSA) is 88.6 Å². The van der Waals surface area contributed by atoms with Crippen LogP contribution in [0.3, 0.4) is 0 Å². The molecule has 1 aromatic heterocycles. The third kappa shape index (κ3) is 6.17.